The van der Waals surface area contributed by atoms with Crippen LogP contribution in [0, 0.1) is 0 Å². The van der Waals surface area contributed by atoms with Gasteiger partial charge in [0.2, 0.25) is 0 Å². The molecule has 2 rings (SSSR count). The van der Waals surface area contributed by atoms with E-state index in [-0.39, 0.29) is 10.8 Å². The molecule has 0 amide bonds. The van der Waals surface area contributed by atoms with Crippen LogP contribution in [0.2, 0.25) is 0 Å². The fraction of sp³-hybridized carbons (Fsp3) is 0.333. The lowest BCUT2D eigenvalue weighted by atomic mass is 10.1. The van der Waals surface area contributed by atoms with Crippen molar-refractivity contribution in [3.63, 3.8) is 0 Å². The summed E-state index contributed by atoms with van der Waals surface area (Å²) in [4.78, 5) is 0.861. The van der Waals surface area contributed by atoms with E-state index in [1.807, 2.05) is 18.2 Å². The minimum atomic E-state index is -3.56. The van der Waals surface area contributed by atoms with E-state index in [0.717, 1.165) is 23.3 Å². The van der Waals surface area contributed by atoms with Gasteiger partial charge < -0.3 is 5.11 Å². The molecule has 0 saturated heterocycles. The zero-order valence-electron chi connectivity index (χ0n) is 11.9. The van der Waals surface area contributed by atoms with Gasteiger partial charge in [0.05, 0.1) is 5.69 Å². The van der Waals surface area contributed by atoms with Crippen LogP contribution in [0.1, 0.15) is 23.8 Å². The lowest BCUT2D eigenvalue weighted by Gasteiger charge is -2.11. The molecule has 1 heterocycles. The van der Waals surface area contributed by atoms with Crippen LogP contribution in [-0.2, 0) is 22.9 Å². The summed E-state index contributed by atoms with van der Waals surface area (Å²) in [5.41, 5.74) is 1.63. The van der Waals surface area contributed by atoms with Crippen LogP contribution in [0.4, 0.5) is 5.69 Å². The normalized spacial score (nSPS) is 11.5. The van der Waals surface area contributed by atoms with Crippen molar-refractivity contribution < 1.29 is 13.5 Å². The molecule has 0 bridgehead atoms. The molecule has 0 fully saturated rings. The number of para-hydroxylation sites is 1. The van der Waals surface area contributed by atoms with Gasteiger partial charge in [-0.2, -0.15) is 0 Å². The summed E-state index contributed by atoms with van der Waals surface area (Å²) in [5, 5.41) is 8.90. The highest BCUT2D eigenvalue weighted by molar-refractivity contribution is 7.94. The molecule has 0 spiro atoms. The van der Waals surface area contributed by atoms with Crippen LogP contribution in [0.25, 0.3) is 0 Å². The van der Waals surface area contributed by atoms with Crippen molar-refractivity contribution in [1.82, 2.24) is 0 Å². The van der Waals surface area contributed by atoms with Gasteiger partial charge in [-0.05, 0) is 30.2 Å². The first kappa shape index (κ1) is 16.0. The summed E-state index contributed by atoms with van der Waals surface area (Å²) in [6.45, 7) is 2.08. The van der Waals surface area contributed by atoms with Crippen LogP contribution in [0.15, 0.2) is 40.6 Å². The number of aryl methyl sites for hydroxylation is 1. The first-order chi connectivity index (χ1) is 10.1. The number of rotatable bonds is 7. The summed E-state index contributed by atoms with van der Waals surface area (Å²) >= 11 is 1.19. The van der Waals surface area contributed by atoms with E-state index >= 15 is 0 Å². The minimum absolute atomic E-state index is 0.0206. The molecular weight excluding hydrogens is 306 g/mol. The fourth-order valence-corrected chi connectivity index (χ4v) is 4.49. The topological polar surface area (TPSA) is 66.4 Å². The predicted octanol–water partition coefficient (Wildman–Crippen LogP) is 3.04. The molecule has 4 nitrogen and oxygen atoms in total. The highest BCUT2D eigenvalue weighted by atomic mass is 32.2. The van der Waals surface area contributed by atoms with Crippen LogP contribution in [0.3, 0.4) is 0 Å². The smallest absolute Gasteiger partial charge is 0.271 e. The summed E-state index contributed by atoms with van der Waals surface area (Å²) < 4.78 is 27.8. The number of nitrogens with one attached hydrogen (secondary N) is 1. The van der Waals surface area contributed by atoms with Gasteiger partial charge in [0, 0.05) is 17.9 Å². The molecule has 0 aliphatic rings. The third-order valence-electron chi connectivity index (χ3n) is 3.04. The van der Waals surface area contributed by atoms with Gasteiger partial charge in [-0.3, -0.25) is 4.72 Å². The predicted molar refractivity (Wildman–Crippen MR) is 86.4 cm³/mol. The molecule has 0 aliphatic carbocycles. The van der Waals surface area contributed by atoms with Crippen molar-refractivity contribution in [2.24, 2.45) is 0 Å². The summed E-state index contributed by atoms with van der Waals surface area (Å²) in [5.74, 6) is 0. The third-order valence-corrected chi connectivity index (χ3v) is 6.04. The molecular formula is C15H19NO3S2. The molecule has 1 aromatic heterocycles. The van der Waals surface area contributed by atoms with Crippen molar-refractivity contribution in [2.75, 3.05) is 11.3 Å². The Hall–Kier alpha value is -1.37. The lowest BCUT2D eigenvalue weighted by Crippen LogP contribution is -2.12. The maximum absolute atomic E-state index is 12.4. The lowest BCUT2D eigenvalue weighted by molar-refractivity contribution is 0.300. The Morgan fingerprint density at radius 2 is 1.90 bits per heavy atom. The Balaban J connectivity index is 2.24. The molecule has 6 heteroatoms. The number of benzene rings is 1. The Morgan fingerprint density at radius 3 is 2.62 bits per heavy atom. The number of hydrogen-bond donors (Lipinski definition) is 2. The highest BCUT2D eigenvalue weighted by Crippen LogP contribution is 2.26. The molecule has 0 saturated carbocycles. The van der Waals surface area contributed by atoms with E-state index in [1.54, 1.807) is 18.2 Å². The summed E-state index contributed by atoms with van der Waals surface area (Å²) in [6, 6.07) is 10.8. The van der Waals surface area contributed by atoms with Crippen molar-refractivity contribution in [3.05, 3.63) is 46.8 Å². The van der Waals surface area contributed by atoms with Gasteiger partial charge in [-0.15, -0.1) is 11.3 Å². The molecule has 0 aliphatic heterocycles. The minimum Gasteiger partial charge on any atom is -0.396 e. The summed E-state index contributed by atoms with van der Waals surface area (Å²) in [6.07, 6.45) is 2.27. The van der Waals surface area contributed by atoms with Gasteiger partial charge in [-0.25, -0.2) is 8.42 Å². The molecule has 0 radical (unpaired) electrons. The second kappa shape index (κ2) is 7.06. The Bertz CT molecular complexity index is 692. The monoisotopic (exact) mass is 325 g/mol. The SMILES string of the molecule is CCCc1ccccc1NS(=O)(=O)c1ccc(CCO)s1. The number of hydrogen-bond acceptors (Lipinski definition) is 4. The van der Waals surface area contributed by atoms with Crippen LogP contribution < -0.4 is 4.72 Å². The molecule has 21 heavy (non-hydrogen) atoms. The molecule has 0 atom stereocenters. The van der Waals surface area contributed by atoms with E-state index in [4.69, 9.17) is 5.11 Å². The molecule has 1 aromatic carbocycles. The second-order valence-electron chi connectivity index (χ2n) is 4.71. The Labute approximate surface area is 129 Å². The van der Waals surface area contributed by atoms with E-state index in [0.29, 0.717) is 12.1 Å². The van der Waals surface area contributed by atoms with Crippen molar-refractivity contribution in [1.29, 1.82) is 0 Å². The van der Waals surface area contributed by atoms with Gasteiger partial charge in [0.25, 0.3) is 10.0 Å². The molecule has 114 valence electrons. The average Bonchev–Trinajstić information content (AvgIpc) is 2.91. The average molecular weight is 325 g/mol. The quantitative estimate of drug-likeness (QED) is 0.822. The highest BCUT2D eigenvalue weighted by Gasteiger charge is 2.18. The van der Waals surface area contributed by atoms with Crippen molar-refractivity contribution >= 4 is 27.0 Å². The van der Waals surface area contributed by atoms with Gasteiger partial charge >= 0.3 is 0 Å². The number of aliphatic hydroxyl groups is 1. The third kappa shape index (κ3) is 4.06. The molecule has 2 aromatic rings. The maximum atomic E-state index is 12.4. The molecule has 2 N–H and O–H groups in total. The zero-order valence-corrected chi connectivity index (χ0v) is 13.5. The zero-order chi connectivity index (χ0) is 15.3. The van der Waals surface area contributed by atoms with Crippen LogP contribution >= 0.6 is 11.3 Å². The van der Waals surface area contributed by atoms with E-state index in [1.165, 1.54) is 11.3 Å². The van der Waals surface area contributed by atoms with Crippen LogP contribution in [-0.4, -0.2) is 20.1 Å². The molecule has 0 unspecified atom stereocenters. The fourth-order valence-electron chi connectivity index (χ4n) is 2.05. The van der Waals surface area contributed by atoms with E-state index in [9.17, 15) is 8.42 Å². The standard InChI is InChI=1S/C15H19NO3S2/c1-2-5-12-6-3-4-7-14(12)16-21(18,19)15-9-8-13(20-15)10-11-17/h3-4,6-9,16-17H,2,5,10-11H2,1H3. The first-order valence-corrected chi connectivity index (χ1v) is 9.17. The van der Waals surface area contributed by atoms with E-state index < -0.39 is 10.0 Å². The van der Waals surface area contributed by atoms with Crippen molar-refractivity contribution in [2.45, 2.75) is 30.4 Å². The largest absolute Gasteiger partial charge is 0.396 e. The van der Waals surface area contributed by atoms with Gasteiger partial charge in [0.15, 0.2) is 0 Å². The second-order valence-corrected chi connectivity index (χ2v) is 7.78. The van der Waals surface area contributed by atoms with Crippen molar-refractivity contribution in [3.8, 4) is 0 Å². The van der Waals surface area contributed by atoms with E-state index in [2.05, 4.69) is 11.6 Å². The number of aliphatic hydroxyl groups excluding tert-OH is 1. The van der Waals surface area contributed by atoms with Crippen LogP contribution in [0.5, 0.6) is 0 Å². The first-order valence-electron chi connectivity index (χ1n) is 6.87. The number of anilines is 1. The van der Waals surface area contributed by atoms with Gasteiger partial charge in [0.1, 0.15) is 4.21 Å². The number of sulfonamides is 1. The summed E-state index contributed by atoms with van der Waals surface area (Å²) in [7, 11) is -3.56. The maximum Gasteiger partial charge on any atom is 0.271 e. The Kier molecular flexibility index (Phi) is 5.39. The Morgan fingerprint density at radius 1 is 1.14 bits per heavy atom. The number of thiophene rings is 1. The van der Waals surface area contributed by atoms with Gasteiger partial charge in [-0.1, -0.05) is 31.5 Å².